The molecule has 0 bridgehead atoms. The van der Waals surface area contributed by atoms with Crippen LogP contribution in [-0.2, 0) is 11.3 Å². The van der Waals surface area contributed by atoms with Crippen LogP contribution < -0.4 is 5.73 Å². The highest BCUT2D eigenvalue weighted by Gasteiger charge is 2.22. The molecule has 7 nitrogen and oxygen atoms in total. The zero-order valence-corrected chi connectivity index (χ0v) is 14.9. The SMILES string of the molecule is Nc1nc2cc(-c3cncc(F)c3)ccc2c2[nH]c(CN3CCCC3=O)nc12. The van der Waals surface area contributed by atoms with Crippen LogP contribution in [0.1, 0.15) is 18.7 Å². The number of nitrogens with zero attached hydrogens (tertiary/aromatic N) is 4. The molecule has 1 fully saturated rings. The van der Waals surface area contributed by atoms with Gasteiger partial charge in [0.05, 0.1) is 23.8 Å². The lowest BCUT2D eigenvalue weighted by Gasteiger charge is -2.12. The van der Waals surface area contributed by atoms with Gasteiger partial charge in [-0.1, -0.05) is 12.1 Å². The summed E-state index contributed by atoms with van der Waals surface area (Å²) in [5.74, 6) is 0.747. The number of hydrogen-bond acceptors (Lipinski definition) is 5. The summed E-state index contributed by atoms with van der Waals surface area (Å²) in [7, 11) is 0. The van der Waals surface area contributed by atoms with Crippen molar-refractivity contribution < 1.29 is 9.18 Å². The number of pyridine rings is 2. The molecule has 8 heteroatoms. The molecule has 0 radical (unpaired) electrons. The number of amides is 1. The molecule has 3 N–H and O–H groups in total. The minimum absolute atomic E-state index is 0.143. The number of nitrogen functional groups attached to an aromatic ring is 1. The van der Waals surface area contributed by atoms with Crippen LogP contribution in [0, 0.1) is 5.82 Å². The molecule has 5 rings (SSSR count). The molecule has 1 aromatic carbocycles. The Hall–Kier alpha value is -3.55. The van der Waals surface area contributed by atoms with E-state index in [0.717, 1.165) is 29.4 Å². The smallest absolute Gasteiger partial charge is 0.223 e. The van der Waals surface area contributed by atoms with Gasteiger partial charge in [0.2, 0.25) is 5.91 Å². The number of aromatic amines is 1. The van der Waals surface area contributed by atoms with E-state index in [-0.39, 0.29) is 5.91 Å². The Morgan fingerprint density at radius 2 is 2.07 bits per heavy atom. The standard InChI is InChI=1S/C20H17FN6O/c21-13-6-12(8-23-9-13)11-3-4-14-15(7-11)24-20(22)19-18(14)25-16(26-19)10-27-5-1-2-17(27)28/h3-4,6-9H,1-2,5,10H2,(H2,22,24)(H,25,26). The zero-order valence-electron chi connectivity index (χ0n) is 14.9. The second-order valence-electron chi connectivity index (χ2n) is 6.95. The fraction of sp³-hybridized carbons (Fsp3) is 0.200. The average Bonchev–Trinajstić information content (AvgIpc) is 3.29. The van der Waals surface area contributed by atoms with Crippen molar-refractivity contribution in [3.63, 3.8) is 0 Å². The van der Waals surface area contributed by atoms with E-state index in [1.54, 1.807) is 11.1 Å². The number of anilines is 1. The third-order valence-electron chi connectivity index (χ3n) is 5.05. The molecule has 0 saturated carbocycles. The van der Waals surface area contributed by atoms with Gasteiger partial charge in [-0.15, -0.1) is 0 Å². The molecular formula is C20H17FN6O. The largest absolute Gasteiger partial charge is 0.382 e. The Morgan fingerprint density at radius 3 is 2.86 bits per heavy atom. The molecule has 4 aromatic rings. The Morgan fingerprint density at radius 1 is 1.18 bits per heavy atom. The van der Waals surface area contributed by atoms with E-state index in [2.05, 4.69) is 19.9 Å². The molecule has 1 saturated heterocycles. The van der Waals surface area contributed by atoms with Crippen LogP contribution in [0.25, 0.3) is 33.1 Å². The molecule has 28 heavy (non-hydrogen) atoms. The van der Waals surface area contributed by atoms with Crippen molar-refractivity contribution in [1.29, 1.82) is 0 Å². The lowest BCUT2D eigenvalue weighted by atomic mass is 10.0. The van der Waals surface area contributed by atoms with Crippen molar-refractivity contribution in [3.05, 3.63) is 48.3 Å². The number of aromatic nitrogens is 4. The fourth-order valence-electron chi connectivity index (χ4n) is 3.70. The van der Waals surface area contributed by atoms with Crippen molar-refractivity contribution in [1.82, 2.24) is 24.8 Å². The number of carbonyl (C=O) groups excluding carboxylic acids is 1. The second-order valence-corrected chi connectivity index (χ2v) is 6.95. The average molecular weight is 376 g/mol. The van der Waals surface area contributed by atoms with Crippen molar-refractivity contribution in [2.75, 3.05) is 12.3 Å². The van der Waals surface area contributed by atoms with Crippen LogP contribution in [-0.4, -0.2) is 37.3 Å². The van der Waals surface area contributed by atoms with Crippen LogP contribution in [0.15, 0.2) is 36.7 Å². The van der Waals surface area contributed by atoms with E-state index in [0.29, 0.717) is 41.2 Å². The molecule has 3 aromatic heterocycles. The second kappa shape index (κ2) is 6.26. The van der Waals surface area contributed by atoms with E-state index in [1.165, 1.54) is 12.3 Å². The minimum atomic E-state index is -0.393. The molecule has 1 aliphatic rings. The zero-order chi connectivity index (χ0) is 19.3. The summed E-state index contributed by atoms with van der Waals surface area (Å²) in [4.78, 5) is 29.9. The highest BCUT2D eigenvalue weighted by atomic mass is 19.1. The van der Waals surface area contributed by atoms with Crippen molar-refractivity contribution >= 4 is 33.7 Å². The number of hydrogen-bond donors (Lipinski definition) is 2. The maximum Gasteiger partial charge on any atom is 0.223 e. The molecule has 0 atom stereocenters. The van der Waals surface area contributed by atoms with Gasteiger partial charge in [-0.2, -0.15) is 0 Å². The van der Waals surface area contributed by atoms with E-state index in [9.17, 15) is 9.18 Å². The summed E-state index contributed by atoms with van der Waals surface area (Å²) in [6.07, 6.45) is 4.24. The first-order valence-electron chi connectivity index (χ1n) is 9.05. The minimum Gasteiger partial charge on any atom is -0.382 e. The predicted molar refractivity (Wildman–Crippen MR) is 104 cm³/mol. The number of halogens is 1. The molecule has 0 unspecified atom stereocenters. The predicted octanol–water partition coefficient (Wildman–Crippen LogP) is 3.02. The van der Waals surface area contributed by atoms with Gasteiger partial charge in [-0.05, 0) is 24.1 Å². The number of fused-ring (bicyclic) bond motifs is 3. The first-order valence-corrected chi connectivity index (χ1v) is 9.05. The summed E-state index contributed by atoms with van der Waals surface area (Å²) in [6.45, 7) is 1.18. The normalized spacial score (nSPS) is 14.5. The van der Waals surface area contributed by atoms with Crippen molar-refractivity contribution in [2.24, 2.45) is 0 Å². The number of H-pyrrole nitrogens is 1. The highest BCUT2D eigenvalue weighted by Crippen LogP contribution is 2.30. The maximum atomic E-state index is 13.5. The van der Waals surface area contributed by atoms with E-state index in [4.69, 9.17) is 5.73 Å². The van der Waals surface area contributed by atoms with Crippen LogP contribution in [0.5, 0.6) is 0 Å². The first-order chi connectivity index (χ1) is 13.6. The van der Waals surface area contributed by atoms with Gasteiger partial charge in [-0.3, -0.25) is 9.78 Å². The van der Waals surface area contributed by atoms with E-state index in [1.807, 2.05) is 18.2 Å². The Labute approximate surface area is 159 Å². The first kappa shape index (κ1) is 16.6. The van der Waals surface area contributed by atoms with Crippen LogP contribution in [0.3, 0.4) is 0 Å². The Kier molecular flexibility index (Phi) is 3.71. The number of nitrogens with two attached hydrogens (primary N) is 1. The highest BCUT2D eigenvalue weighted by molar-refractivity contribution is 6.07. The molecule has 1 aliphatic heterocycles. The number of imidazole rings is 1. The van der Waals surface area contributed by atoms with Crippen molar-refractivity contribution in [3.8, 4) is 11.1 Å². The van der Waals surface area contributed by atoms with Gasteiger partial charge in [0.15, 0.2) is 5.82 Å². The van der Waals surface area contributed by atoms with E-state index < -0.39 is 5.82 Å². The number of carbonyl (C=O) groups is 1. The lowest BCUT2D eigenvalue weighted by Crippen LogP contribution is -2.24. The fourth-order valence-corrected chi connectivity index (χ4v) is 3.70. The quantitative estimate of drug-likeness (QED) is 0.572. The summed E-state index contributed by atoms with van der Waals surface area (Å²) >= 11 is 0. The molecule has 0 spiro atoms. The maximum absolute atomic E-state index is 13.5. The summed E-state index contributed by atoms with van der Waals surface area (Å²) in [5, 5.41) is 0.865. The van der Waals surface area contributed by atoms with Crippen LogP contribution in [0.2, 0.25) is 0 Å². The number of rotatable bonds is 3. The molecule has 0 aliphatic carbocycles. The summed E-state index contributed by atoms with van der Waals surface area (Å²) in [6, 6.07) is 7.08. The summed E-state index contributed by atoms with van der Waals surface area (Å²) in [5.41, 5.74) is 9.66. The molecular weight excluding hydrogens is 359 g/mol. The van der Waals surface area contributed by atoms with Gasteiger partial charge < -0.3 is 15.6 Å². The van der Waals surface area contributed by atoms with Gasteiger partial charge in [0.1, 0.15) is 17.2 Å². The van der Waals surface area contributed by atoms with E-state index >= 15 is 0 Å². The van der Waals surface area contributed by atoms with Crippen LogP contribution in [0.4, 0.5) is 10.2 Å². The van der Waals surface area contributed by atoms with Crippen molar-refractivity contribution in [2.45, 2.75) is 19.4 Å². The molecule has 1 amide bonds. The monoisotopic (exact) mass is 376 g/mol. The molecule has 140 valence electrons. The van der Waals surface area contributed by atoms with Gasteiger partial charge in [0.25, 0.3) is 0 Å². The number of nitrogens with one attached hydrogen (secondary N) is 1. The third-order valence-corrected chi connectivity index (χ3v) is 5.05. The molecule has 4 heterocycles. The van der Waals surface area contributed by atoms with Gasteiger partial charge >= 0.3 is 0 Å². The third kappa shape index (κ3) is 2.74. The number of likely N-dealkylation sites (tertiary alicyclic amines) is 1. The van der Waals surface area contributed by atoms with Gasteiger partial charge in [0, 0.05) is 30.1 Å². The number of benzene rings is 1. The van der Waals surface area contributed by atoms with Crippen LogP contribution >= 0.6 is 0 Å². The lowest BCUT2D eigenvalue weighted by molar-refractivity contribution is -0.128. The van der Waals surface area contributed by atoms with Gasteiger partial charge in [-0.25, -0.2) is 14.4 Å². The Balaban J connectivity index is 1.60. The topological polar surface area (TPSA) is 101 Å². The Bertz CT molecular complexity index is 1230. The summed E-state index contributed by atoms with van der Waals surface area (Å²) < 4.78 is 13.5.